The summed E-state index contributed by atoms with van der Waals surface area (Å²) in [6.07, 6.45) is 18.4. The maximum Gasteiger partial charge on any atom is 0.155 e. The van der Waals surface area contributed by atoms with E-state index in [9.17, 15) is 19.8 Å². The number of hydrogen-bond acceptors (Lipinski definition) is 4. The largest absolute Gasteiger partial charge is 0.550 e. The maximum atomic E-state index is 11.8. The standard InChI is InChI=1S/C19H28O2.C11H20O2/c1-18-9-7-13(20)11-12(18)3-4-14-15-5-6-17(21)19(15,2)10-8-16(14)18;1-2-3-4-9-5-7-10(8-6-9)11(12)13/h11,14-17,21H,3-10H2,1-2H3;9-10H,2-8H2,1H3,(H,12,13)/p-1/t14-,15-,16-,17-,18-,19-;/m0./s1. The van der Waals surface area contributed by atoms with Crippen LogP contribution >= 0.6 is 0 Å². The Hall–Kier alpha value is -1.16. The van der Waals surface area contributed by atoms with Gasteiger partial charge < -0.3 is 15.0 Å². The second-order valence-corrected chi connectivity index (χ2v) is 12.8. The zero-order chi connectivity index (χ0) is 24.5. The molecule has 34 heavy (non-hydrogen) atoms. The molecule has 192 valence electrons. The van der Waals surface area contributed by atoms with E-state index in [1.54, 1.807) is 0 Å². The van der Waals surface area contributed by atoms with E-state index in [1.807, 2.05) is 6.08 Å². The highest BCUT2D eigenvalue weighted by molar-refractivity contribution is 5.91. The molecule has 5 rings (SSSR count). The summed E-state index contributed by atoms with van der Waals surface area (Å²) < 4.78 is 0. The zero-order valence-electron chi connectivity index (χ0n) is 21.8. The normalized spacial score (nSPS) is 43.5. The highest BCUT2D eigenvalue weighted by Crippen LogP contribution is 2.65. The summed E-state index contributed by atoms with van der Waals surface area (Å²) in [6, 6.07) is 0. The molecular formula is C30H47O4-. The summed E-state index contributed by atoms with van der Waals surface area (Å²) in [5.41, 5.74) is 1.89. The van der Waals surface area contributed by atoms with Gasteiger partial charge in [0.2, 0.25) is 0 Å². The molecule has 4 saturated carbocycles. The fraction of sp³-hybridized carbons (Fsp3) is 0.867. The molecule has 6 atom stereocenters. The summed E-state index contributed by atoms with van der Waals surface area (Å²) in [4.78, 5) is 22.4. The van der Waals surface area contributed by atoms with Crippen LogP contribution in [0.25, 0.3) is 0 Å². The molecule has 0 aromatic carbocycles. The Balaban J connectivity index is 0.000000182. The number of allylic oxidation sites excluding steroid dienone is 1. The molecule has 0 aliphatic heterocycles. The van der Waals surface area contributed by atoms with Crippen LogP contribution < -0.4 is 5.11 Å². The first-order valence-corrected chi connectivity index (χ1v) is 14.3. The average molecular weight is 472 g/mol. The molecule has 5 aliphatic carbocycles. The highest BCUT2D eigenvalue weighted by atomic mass is 16.4. The van der Waals surface area contributed by atoms with Gasteiger partial charge >= 0.3 is 0 Å². The number of aliphatic carboxylic acids is 1. The lowest BCUT2D eigenvalue weighted by molar-refractivity contribution is -0.312. The lowest BCUT2D eigenvalue weighted by atomic mass is 9.47. The molecule has 4 nitrogen and oxygen atoms in total. The summed E-state index contributed by atoms with van der Waals surface area (Å²) >= 11 is 0. The molecule has 0 amide bonds. The lowest BCUT2D eigenvalue weighted by Gasteiger charge is -2.57. The second-order valence-electron chi connectivity index (χ2n) is 12.8. The first kappa shape index (κ1) is 25.9. The number of fused-ring (bicyclic) bond motifs is 5. The Morgan fingerprint density at radius 2 is 1.74 bits per heavy atom. The Labute approximate surface area is 207 Å². The average Bonchev–Trinajstić information content (AvgIpc) is 3.13. The van der Waals surface area contributed by atoms with Crippen molar-refractivity contribution in [2.24, 2.45) is 40.4 Å². The van der Waals surface area contributed by atoms with Crippen molar-refractivity contribution in [2.45, 2.75) is 123 Å². The van der Waals surface area contributed by atoms with E-state index in [4.69, 9.17) is 0 Å². The van der Waals surface area contributed by atoms with E-state index in [2.05, 4.69) is 20.8 Å². The Morgan fingerprint density at radius 3 is 2.41 bits per heavy atom. The Kier molecular flexibility index (Phi) is 7.96. The number of carbonyl (C=O) groups excluding carboxylic acids is 2. The van der Waals surface area contributed by atoms with Crippen LogP contribution in [0.4, 0.5) is 0 Å². The molecule has 0 aromatic rings. The summed E-state index contributed by atoms with van der Waals surface area (Å²) in [7, 11) is 0. The number of carboxylic acids is 1. The van der Waals surface area contributed by atoms with Gasteiger partial charge in [0.25, 0.3) is 0 Å². The number of unbranched alkanes of at least 4 members (excludes halogenated alkanes) is 1. The third-order valence-corrected chi connectivity index (χ3v) is 11.1. The van der Waals surface area contributed by atoms with Crippen molar-refractivity contribution in [3.63, 3.8) is 0 Å². The van der Waals surface area contributed by atoms with E-state index < -0.39 is 5.97 Å². The van der Waals surface area contributed by atoms with Crippen molar-refractivity contribution in [3.05, 3.63) is 11.6 Å². The molecule has 4 heteroatoms. The van der Waals surface area contributed by atoms with E-state index in [0.29, 0.717) is 11.7 Å². The molecule has 4 fully saturated rings. The highest BCUT2D eigenvalue weighted by Gasteiger charge is 2.58. The summed E-state index contributed by atoms with van der Waals surface area (Å²) in [5, 5.41) is 21.0. The molecule has 0 aromatic heterocycles. The van der Waals surface area contributed by atoms with Gasteiger partial charge in [-0.15, -0.1) is 0 Å². The van der Waals surface area contributed by atoms with Crippen LogP contribution in [0.3, 0.4) is 0 Å². The molecule has 1 N–H and O–H groups in total. The summed E-state index contributed by atoms with van der Waals surface area (Å²) in [5.74, 6) is 2.37. The number of ketones is 1. The zero-order valence-corrected chi connectivity index (χ0v) is 21.8. The fourth-order valence-corrected chi connectivity index (χ4v) is 8.71. The van der Waals surface area contributed by atoms with Gasteiger partial charge in [-0.3, -0.25) is 4.79 Å². The lowest BCUT2D eigenvalue weighted by Crippen LogP contribution is -2.51. The molecule has 0 bridgehead atoms. The van der Waals surface area contributed by atoms with Crippen molar-refractivity contribution in [1.29, 1.82) is 0 Å². The number of rotatable bonds is 4. The van der Waals surface area contributed by atoms with E-state index in [1.165, 1.54) is 50.5 Å². The summed E-state index contributed by atoms with van der Waals surface area (Å²) in [6.45, 7) is 6.96. The van der Waals surface area contributed by atoms with Crippen LogP contribution in [0, 0.1) is 40.4 Å². The van der Waals surface area contributed by atoms with Crippen LogP contribution in [-0.2, 0) is 9.59 Å². The minimum atomic E-state index is -0.839. The minimum Gasteiger partial charge on any atom is -0.550 e. The quantitative estimate of drug-likeness (QED) is 0.578. The number of hydrogen-bond donors (Lipinski definition) is 1. The Morgan fingerprint density at radius 1 is 1.00 bits per heavy atom. The number of aliphatic hydroxyl groups is 1. The van der Waals surface area contributed by atoms with Crippen molar-refractivity contribution in [1.82, 2.24) is 0 Å². The van der Waals surface area contributed by atoms with Gasteiger partial charge in [-0.1, -0.05) is 45.6 Å². The van der Waals surface area contributed by atoms with Crippen LogP contribution in [0.1, 0.15) is 117 Å². The van der Waals surface area contributed by atoms with Gasteiger partial charge in [-0.2, -0.15) is 0 Å². The monoisotopic (exact) mass is 471 g/mol. The second kappa shape index (κ2) is 10.4. The van der Waals surface area contributed by atoms with Gasteiger partial charge in [0.1, 0.15) is 0 Å². The van der Waals surface area contributed by atoms with Crippen molar-refractivity contribution < 1.29 is 19.8 Å². The molecule has 0 spiro atoms. The van der Waals surface area contributed by atoms with Crippen LogP contribution in [0.15, 0.2) is 11.6 Å². The van der Waals surface area contributed by atoms with Crippen LogP contribution in [0.2, 0.25) is 0 Å². The molecule has 0 unspecified atom stereocenters. The van der Waals surface area contributed by atoms with Crippen molar-refractivity contribution >= 4 is 11.8 Å². The number of aliphatic hydroxyl groups excluding tert-OH is 1. The molecule has 0 radical (unpaired) electrons. The maximum absolute atomic E-state index is 11.8. The SMILES string of the molecule is CCCCC1CCC(C(=O)[O-])CC1.C[C@]12CC[C@H]3[C@@H](CCC4=CC(=O)CC[C@@]43C)[C@@H]1CC[C@@H]2O. The third kappa shape index (κ3) is 4.90. The predicted molar refractivity (Wildman–Crippen MR) is 133 cm³/mol. The molecule has 0 saturated heterocycles. The van der Waals surface area contributed by atoms with Gasteiger partial charge in [0, 0.05) is 12.4 Å². The van der Waals surface area contributed by atoms with Crippen molar-refractivity contribution in [3.8, 4) is 0 Å². The fourth-order valence-electron chi connectivity index (χ4n) is 8.71. The first-order valence-electron chi connectivity index (χ1n) is 14.3. The smallest absolute Gasteiger partial charge is 0.155 e. The van der Waals surface area contributed by atoms with Gasteiger partial charge in [-0.25, -0.2) is 0 Å². The molecule has 5 aliphatic rings. The molecule has 0 heterocycles. The van der Waals surface area contributed by atoms with E-state index in [-0.39, 0.29) is 22.9 Å². The molecular weight excluding hydrogens is 424 g/mol. The topological polar surface area (TPSA) is 77.4 Å². The van der Waals surface area contributed by atoms with E-state index in [0.717, 1.165) is 69.1 Å². The van der Waals surface area contributed by atoms with Gasteiger partial charge in [-0.05, 0) is 117 Å². The minimum absolute atomic E-state index is 0.0823. The van der Waals surface area contributed by atoms with Gasteiger partial charge in [0.15, 0.2) is 5.78 Å². The van der Waals surface area contributed by atoms with Crippen molar-refractivity contribution in [2.75, 3.05) is 0 Å². The first-order chi connectivity index (χ1) is 16.2. The van der Waals surface area contributed by atoms with Crippen LogP contribution in [0.5, 0.6) is 0 Å². The predicted octanol–water partition coefficient (Wildman–Crippen LogP) is 5.61. The van der Waals surface area contributed by atoms with Crippen LogP contribution in [-0.4, -0.2) is 23.0 Å². The third-order valence-electron chi connectivity index (χ3n) is 11.1. The van der Waals surface area contributed by atoms with Gasteiger partial charge in [0.05, 0.1) is 6.10 Å². The Bertz CT molecular complexity index is 779. The number of carboxylic acid groups (broad SMARTS) is 1. The van der Waals surface area contributed by atoms with E-state index >= 15 is 0 Å². The number of carbonyl (C=O) groups is 2.